The number of nitrogens with one attached hydrogen (secondary N) is 1. The van der Waals surface area contributed by atoms with Gasteiger partial charge in [0.1, 0.15) is 23.0 Å². The van der Waals surface area contributed by atoms with Crippen LogP contribution in [0.2, 0.25) is 0 Å². The molecule has 0 radical (unpaired) electrons. The number of benzene rings is 1. The molecule has 1 fully saturated rings. The van der Waals surface area contributed by atoms with Crippen molar-refractivity contribution in [2.75, 3.05) is 18.4 Å². The number of rotatable bonds is 5. The summed E-state index contributed by atoms with van der Waals surface area (Å²) in [7, 11) is -3.62. The molecule has 8 nitrogen and oxygen atoms in total. The third kappa shape index (κ3) is 4.00. The minimum absolute atomic E-state index is 0.114. The first-order valence-electron chi connectivity index (χ1n) is 10.00. The average Bonchev–Trinajstić information content (AvgIpc) is 3.42. The summed E-state index contributed by atoms with van der Waals surface area (Å²) in [6.45, 7) is 2.61. The van der Waals surface area contributed by atoms with Gasteiger partial charge in [-0.1, -0.05) is 12.5 Å². The van der Waals surface area contributed by atoms with Crippen molar-refractivity contribution in [3.8, 4) is 12.0 Å². The van der Waals surface area contributed by atoms with Gasteiger partial charge in [0, 0.05) is 31.2 Å². The van der Waals surface area contributed by atoms with Gasteiger partial charge in [-0.3, -0.25) is 9.36 Å². The largest absolute Gasteiger partial charge is 0.443 e. The summed E-state index contributed by atoms with van der Waals surface area (Å²) in [6.07, 6.45) is 6.15. The topological polar surface area (TPSA) is 108 Å². The molecule has 2 aromatic heterocycles. The summed E-state index contributed by atoms with van der Waals surface area (Å²) in [5.41, 5.74) is 0.564. The number of sulfonamides is 1. The molecular weight excluding hydrogens is 416 g/mol. The van der Waals surface area contributed by atoms with Gasteiger partial charge < -0.3 is 9.73 Å². The Labute approximate surface area is 180 Å². The van der Waals surface area contributed by atoms with Gasteiger partial charge in [0.25, 0.3) is 5.91 Å². The van der Waals surface area contributed by atoms with Gasteiger partial charge in [-0.25, -0.2) is 8.42 Å². The van der Waals surface area contributed by atoms with Crippen LogP contribution in [0.4, 0.5) is 5.69 Å². The highest BCUT2D eigenvalue weighted by Gasteiger charge is 2.27. The van der Waals surface area contributed by atoms with Gasteiger partial charge in [-0.2, -0.15) is 9.57 Å². The highest BCUT2D eigenvalue weighted by Crippen LogP contribution is 2.27. The van der Waals surface area contributed by atoms with Crippen LogP contribution in [0.1, 0.15) is 40.9 Å². The zero-order valence-corrected chi connectivity index (χ0v) is 17.9. The quantitative estimate of drug-likeness (QED) is 0.654. The molecule has 0 spiro atoms. The number of piperidine rings is 1. The molecule has 3 aromatic rings. The zero-order chi connectivity index (χ0) is 22.0. The Morgan fingerprint density at radius 2 is 1.84 bits per heavy atom. The fourth-order valence-electron chi connectivity index (χ4n) is 3.74. The lowest BCUT2D eigenvalue weighted by Crippen LogP contribution is -2.35. The Kier molecular flexibility index (Phi) is 5.67. The molecule has 1 aliphatic heterocycles. The molecule has 3 heterocycles. The maximum absolute atomic E-state index is 13.0. The first-order valence-corrected chi connectivity index (χ1v) is 11.4. The second-order valence-electron chi connectivity index (χ2n) is 7.36. The predicted octanol–water partition coefficient (Wildman–Crippen LogP) is 3.68. The molecule has 0 atom stereocenters. The van der Waals surface area contributed by atoms with Crippen LogP contribution in [-0.2, 0) is 10.0 Å². The fraction of sp³-hybridized carbons (Fsp3) is 0.273. The van der Waals surface area contributed by atoms with Crippen molar-refractivity contribution in [3.63, 3.8) is 0 Å². The predicted molar refractivity (Wildman–Crippen MR) is 114 cm³/mol. The van der Waals surface area contributed by atoms with Crippen LogP contribution >= 0.6 is 0 Å². The van der Waals surface area contributed by atoms with Crippen molar-refractivity contribution in [2.45, 2.75) is 31.1 Å². The lowest BCUT2D eigenvalue weighted by atomic mass is 10.1. The maximum Gasteiger partial charge on any atom is 0.260 e. The summed E-state index contributed by atoms with van der Waals surface area (Å²) in [6, 6.07) is 11.8. The van der Waals surface area contributed by atoms with Gasteiger partial charge in [0.05, 0.1) is 4.90 Å². The van der Waals surface area contributed by atoms with Gasteiger partial charge in [0.2, 0.25) is 15.9 Å². The molecule has 0 saturated carbocycles. The van der Waals surface area contributed by atoms with E-state index in [1.807, 2.05) is 6.07 Å². The smallest absolute Gasteiger partial charge is 0.260 e. The number of nitriles is 1. The van der Waals surface area contributed by atoms with Crippen molar-refractivity contribution in [3.05, 3.63) is 65.7 Å². The summed E-state index contributed by atoms with van der Waals surface area (Å²) in [4.78, 5) is 13.1. The second-order valence-corrected chi connectivity index (χ2v) is 9.30. The van der Waals surface area contributed by atoms with Gasteiger partial charge in [0.15, 0.2) is 0 Å². The van der Waals surface area contributed by atoms with E-state index < -0.39 is 15.9 Å². The number of amides is 1. The SMILES string of the molecule is Cc1oc(-n2cccc2)c(C#N)c1C(=O)Nc1cccc(S(=O)(=O)N2CCCCC2)c1. The molecule has 0 bridgehead atoms. The number of nitrogens with zero attached hydrogens (tertiary/aromatic N) is 3. The molecule has 160 valence electrons. The lowest BCUT2D eigenvalue weighted by Gasteiger charge is -2.26. The van der Waals surface area contributed by atoms with Crippen LogP contribution in [0.5, 0.6) is 0 Å². The van der Waals surface area contributed by atoms with Crippen molar-refractivity contribution < 1.29 is 17.6 Å². The van der Waals surface area contributed by atoms with E-state index in [1.165, 1.54) is 16.4 Å². The molecule has 4 rings (SSSR count). The number of aromatic nitrogens is 1. The molecule has 31 heavy (non-hydrogen) atoms. The van der Waals surface area contributed by atoms with Crippen LogP contribution in [0.15, 0.2) is 58.1 Å². The highest BCUT2D eigenvalue weighted by atomic mass is 32.2. The van der Waals surface area contributed by atoms with Gasteiger partial charge in [-0.05, 0) is 50.1 Å². The van der Waals surface area contributed by atoms with E-state index in [1.54, 1.807) is 48.1 Å². The average molecular weight is 439 g/mol. The molecule has 0 aliphatic carbocycles. The van der Waals surface area contributed by atoms with E-state index >= 15 is 0 Å². The molecule has 0 unspecified atom stereocenters. The zero-order valence-electron chi connectivity index (χ0n) is 17.0. The Morgan fingerprint density at radius 3 is 2.52 bits per heavy atom. The lowest BCUT2D eigenvalue weighted by molar-refractivity contribution is 0.102. The maximum atomic E-state index is 13.0. The molecule has 9 heteroatoms. The van der Waals surface area contributed by atoms with Crippen LogP contribution in [0, 0.1) is 18.3 Å². The third-order valence-corrected chi connectivity index (χ3v) is 7.18. The Bertz CT molecular complexity index is 1250. The van der Waals surface area contributed by atoms with E-state index in [2.05, 4.69) is 5.32 Å². The van der Waals surface area contributed by atoms with E-state index in [-0.39, 0.29) is 21.9 Å². The van der Waals surface area contributed by atoms with E-state index in [9.17, 15) is 18.5 Å². The first kappa shape index (κ1) is 20.9. The number of furan rings is 1. The standard InChI is InChI=1S/C22H22N4O4S/c1-16-20(19(15-23)22(30-16)25-10-5-6-11-25)21(27)24-17-8-7-9-18(14-17)31(28,29)26-12-3-2-4-13-26/h5-11,14H,2-4,12-13H2,1H3,(H,24,27). The molecule has 1 saturated heterocycles. The van der Waals surface area contributed by atoms with Crippen LogP contribution in [0.25, 0.3) is 5.88 Å². The van der Waals surface area contributed by atoms with Crippen LogP contribution < -0.4 is 5.32 Å². The third-order valence-electron chi connectivity index (χ3n) is 5.29. The van der Waals surface area contributed by atoms with Gasteiger partial charge >= 0.3 is 0 Å². The fourth-order valence-corrected chi connectivity index (χ4v) is 5.30. The Morgan fingerprint density at radius 1 is 1.13 bits per heavy atom. The van der Waals surface area contributed by atoms with Crippen LogP contribution in [0.3, 0.4) is 0 Å². The molecular formula is C22H22N4O4S. The molecule has 1 aliphatic rings. The van der Waals surface area contributed by atoms with Crippen molar-refractivity contribution in [2.24, 2.45) is 0 Å². The summed E-state index contributed by atoms with van der Waals surface area (Å²) in [5.74, 6) is 0.0233. The van der Waals surface area contributed by atoms with Gasteiger partial charge in [-0.15, -0.1) is 0 Å². The minimum atomic E-state index is -3.62. The van der Waals surface area contributed by atoms with E-state index in [4.69, 9.17) is 4.42 Å². The molecule has 1 amide bonds. The summed E-state index contributed by atoms with van der Waals surface area (Å²) >= 11 is 0. The van der Waals surface area contributed by atoms with E-state index in [0.29, 0.717) is 24.5 Å². The number of carbonyl (C=O) groups excluding carboxylic acids is 1. The molecule has 1 N–H and O–H groups in total. The molecule has 1 aromatic carbocycles. The normalized spacial score (nSPS) is 14.8. The van der Waals surface area contributed by atoms with E-state index in [0.717, 1.165) is 19.3 Å². The number of carbonyl (C=O) groups is 1. The monoisotopic (exact) mass is 438 g/mol. The second kappa shape index (κ2) is 8.41. The van der Waals surface area contributed by atoms with Crippen molar-refractivity contribution >= 4 is 21.6 Å². The minimum Gasteiger partial charge on any atom is -0.443 e. The first-order chi connectivity index (χ1) is 14.9. The number of hydrogen-bond donors (Lipinski definition) is 1. The highest BCUT2D eigenvalue weighted by molar-refractivity contribution is 7.89. The summed E-state index contributed by atoms with van der Waals surface area (Å²) < 4.78 is 34.6. The Hall–Kier alpha value is -3.35. The number of anilines is 1. The van der Waals surface area contributed by atoms with Crippen molar-refractivity contribution in [1.82, 2.24) is 8.87 Å². The van der Waals surface area contributed by atoms with Crippen molar-refractivity contribution in [1.29, 1.82) is 5.26 Å². The Balaban J connectivity index is 1.62. The number of aryl methyl sites for hydroxylation is 1. The number of hydrogen-bond acceptors (Lipinski definition) is 5. The summed E-state index contributed by atoms with van der Waals surface area (Å²) in [5, 5.41) is 12.3. The van der Waals surface area contributed by atoms with Crippen LogP contribution in [-0.4, -0.2) is 36.3 Å².